The maximum absolute atomic E-state index is 5.80. The summed E-state index contributed by atoms with van der Waals surface area (Å²) in [6, 6.07) is 0. The van der Waals surface area contributed by atoms with Crippen LogP contribution in [0.3, 0.4) is 0 Å². The van der Waals surface area contributed by atoms with E-state index < -0.39 is 0 Å². The minimum absolute atomic E-state index is 0.241. The Kier molecular flexibility index (Phi) is 5.14. The first-order chi connectivity index (χ1) is 9.29. The third-order valence-electron chi connectivity index (χ3n) is 3.16. The van der Waals surface area contributed by atoms with Gasteiger partial charge in [0.1, 0.15) is 12.2 Å². The number of ether oxygens (including phenoxy) is 1. The van der Waals surface area contributed by atoms with Gasteiger partial charge in [-0.1, -0.05) is 6.92 Å². The molecule has 106 valence electrons. The van der Waals surface area contributed by atoms with E-state index in [0.717, 1.165) is 38.2 Å². The number of aryl methyl sites for hydroxylation is 1. The Morgan fingerprint density at radius 3 is 3.32 bits per heavy atom. The lowest BCUT2D eigenvalue weighted by Gasteiger charge is -2.09. The second kappa shape index (κ2) is 7.08. The Morgan fingerprint density at radius 2 is 2.58 bits per heavy atom. The van der Waals surface area contributed by atoms with Crippen molar-refractivity contribution in [3.63, 3.8) is 0 Å². The van der Waals surface area contributed by atoms with Crippen molar-refractivity contribution in [3.8, 4) is 0 Å². The molecule has 7 heteroatoms. The van der Waals surface area contributed by atoms with Crippen LogP contribution in [0, 0.1) is 0 Å². The number of nitrogens with zero attached hydrogens (tertiary/aromatic N) is 4. The van der Waals surface area contributed by atoms with Gasteiger partial charge in [0, 0.05) is 26.1 Å². The molecule has 1 fully saturated rings. The smallest absolute Gasteiger partial charge is 0.188 e. The van der Waals surface area contributed by atoms with Crippen molar-refractivity contribution in [2.45, 2.75) is 38.8 Å². The maximum atomic E-state index is 5.80. The fourth-order valence-electron chi connectivity index (χ4n) is 2.09. The minimum atomic E-state index is 0.241. The number of nitrogens with two attached hydrogens (primary N) is 1. The van der Waals surface area contributed by atoms with Crippen LogP contribution in [0.15, 0.2) is 11.3 Å². The third kappa shape index (κ3) is 4.20. The van der Waals surface area contributed by atoms with E-state index in [4.69, 9.17) is 10.5 Å². The van der Waals surface area contributed by atoms with E-state index in [1.165, 1.54) is 0 Å². The van der Waals surface area contributed by atoms with E-state index in [2.05, 4.69) is 27.4 Å². The van der Waals surface area contributed by atoms with Crippen LogP contribution in [-0.4, -0.2) is 46.5 Å². The molecule has 1 aromatic rings. The molecule has 1 atom stereocenters. The second-order valence-corrected chi connectivity index (χ2v) is 4.58. The van der Waals surface area contributed by atoms with Gasteiger partial charge in [0.05, 0.1) is 12.6 Å². The largest absolute Gasteiger partial charge is 0.376 e. The lowest BCUT2D eigenvalue weighted by atomic mass is 10.2. The molecular weight excluding hydrogens is 244 g/mol. The molecule has 1 unspecified atom stereocenters. The first-order valence-electron chi connectivity index (χ1n) is 6.81. The Labute approximate surface area is 113 Å². The number of hydrogen-bond acceptors (Lipinski definition) is 4. The third-order valence-corrected chi connectivity index (χ3v) is 3.16. The van der Waals surface area contributed by atoms with E-state index >= 15 is 0 Å². The summed E-state index contributed by atoms with van der Waals surface area (Å²) in [5.74, 6) is 1.46. The monoisotopic (exact) mass is 266 g/mol. The maximum Gasteiger partial charge on any atom is 0.188 e. The van der Waals surface area contributed by atoms with Gasteiger partial charge in [0.15, 0.2) is 5.96 Å². The predicted molar refractivity (Wildman–Crippen MR) is 72.9 cm³/mol. The highest BCUT2D eigenvalue weighted by atomic mass is 16.5. The summed E-state index contributed by atoms with van der Waals surface area (Å²) in [5, 5.41) is 11.0. The highest BCUT2D eigenvalue weighted by Crippen LogP contribution is 2.11. The molecule has 0 radical (unpaired) electrons. The summed E-state index contributed by atoms with van der Waals surface area (Å²) in [4.78, 5) is 4.29. The molecule has 2 rings (SSSR count). The first kappa shape index (κ1) is 13.8. The van der Waals surface area contributed by atoms with Crippen molar-refractivity contribution in [3.05, 3.63) is 12.2 Å². The normalized spacial score (nSPS) is 19.8. The van der Waals surface area contributed by atoms with E-state index in [1.54, 1.807) is 6.33 Å². The number of guanidine groups is 1. The first-order valence-corrected chi connectivity index (χ1v) is 6.81. The standard InChI is InChI=1S/C12H22N6O/c1-2-11-17-16-9-18(11)6-5-14-12(13)15-8-10-4-3-7-19-10/h9-10H,2-8H2,1H3,(H3,13,14,15). The van der Waals surface area contributed by atoms with Crippen LogP contribution >= 0.6 is 0 Å². The van der Waals surface area contributed by atoms with E-state index in [-0.39, 0.29) is 6.10 Å². The Morgan fingerprint density at radius 1 is 1.68 bits per heavy atom. The second-order valence-electron chi connectivity index (χ2n) is 4.58. The fraction of sp³-hybridized carbons (Fsp3) is 0.750. The molecule has 0 bridgehead atoms. The molecular formula is C12H22N6O. The van der Waals surface area contributed by atoms with Crippen LogP contribution < -0.4 is 11.1 Å². The molecule has 1 aromatic heterocycles. The number of rotatable bonds is 6. The summed E-state index contributed by atoms with van der Waals surface area (Å²) >= 11 is 0. The van der Waals surface area contributed by atoms with Gasteiger partial charge in [0.2, 0.25) is 0 Å². The SMILES string of the molecule is CCc1nncn1CCNC(N)=NCC1CCCO1. The zero-order valence-electron chi connectivity index (χ0n) is 11.4. The van der Waals surface area contributed by atoms with Gasteiger partial charge < -0.3 is 20.4 Å². The van der Waals surface area contributed by atoms with Gasteiger partial charge in [-0.05, 0) is 12.8 Å². The Balaban J connectivity index is 1.68. The molecule has 7 nitrogen and oxygen atoms in total. The molecule has 2 heterocycles. The quantitative estimate of drug-likeness (QED) is 0.555. The van der Waals surface area contributed by atoms with Gasteiger partial charge in [-0.25, -0.2) is 0 Å². The van der Waals surface area contributed by atoms with Crippen molar-refractivity contribution in [1.82, 2.24) is 20.1 Å². The lowest BCUT2D eigenvalue weighted by Crippen LogP contribution is -2.35. The number of aliphatic imine (C=N–C) groups is 1. The summed E-state index contributed by atoms with van der Waals surface area (Å²) < 4.78 is 7.50. The van der Waals surface area contributed by atoms with Crippen molar-refractivity contribution in [1.29, 1.82) is 0 Å². The summed E-state index contributed by atoms with van der Waals surface area (Å²) in [7, 11) is 0. The Bertz CT molecular complexity index is 410. The average Bonchev–Trinajstić information content (AvgIpc) is 3.07. The highest BCUT2D eigenvalue weighted by Gasteiger charge is 2.14. The summed E-state index contributed by atoms with van der Waals surface area (Å²) in [6.45, 7) is 5.05. The zero-order valence-corrected chi connectivity index (χ0v) is 11.4. The summed E-state index contributed by atoms with van der Waals surface area (Å²) in [5.41, 5.74) is 5.80. The van der Waals surface area contributed by atoms with Crippen molar-refractivity contribution >= 4 is 5.96 Å². The summed E-state index contributed by atoms with van der Waals surface area (Å²) in [6.07, 6.45) is 5.06. The minimum Gasteiger partial charge on any atom is -0.376 e. The van der Waals surface area contributed by atoms with Crippen LogP contribution in [-0.2, 0) is 17.7 Å². The van der Waals surface area contributed by atoms with Crippen molar-refractivity contribution in [2.24, 2.45) is 10.7 Å². The lowest BCUT2D eigenvalue weighted by molar-refractivity contribution is 0.118. The number of hydrogen-bond donors (Lipinski definition) is 2. The number of aromatic nitrogens is 3. The molecule has 1 aliphatic heterocycles. The molecule has 0 spiro atoms. The molecule has 0 saturated carbocycles. The molecule has 1 saturated heterocycles. The fourth-order valence-corrected chi connectivity index (χ4v) is 2.09. The van der Waals surface area contributed by atoms with Gasteiger partial charge in [-0.15, -0.1) is 10.2 Å². The van der Waals surface area contributed by atoms with Gasteiger partial charge in [-0.2, -0.15) is 0 Å². The highest BCUT2D eigenvalue weighted by molar-refractivity contribution is 5.77. The predicted octanol–water partition coefficient (Wildman–Crippen LogP) is -0.0762. The molecule has 0 aliphatic carbocycles. The topological polar surface area (TPSA) is 90.4 Å². The number of nitrogens with one attached hydrogen (secondary N) is 1. The average molecular weight is 266 g/mol. The van der Waals surface area contributed by atoms with E-state index in [9.17, 15) is 0 Å². The molecule has 0 amide bonds. The van der Waals surface area contributed by atoms with E-state index in [1.807, 2.05) is 4.57 Å². The van der Waals surface area contributed by atoms with Gasteiger partial charge in [-0.3, -0.25) is 4.99 Å². The molecule has 3 N–H and O–H groups in total. The van der Waals surface area contributed by atoms with Crippen LogP contribution in [0.2, 0.25) is 0 Å². The van der Waals surface area contributed by atoms with E-state index in [0.29, 0.717) is 19.0 Å². The van der Waals surface area contributed by atoms with Crippen LogP contribution in [0.5, 0.6) is 0 Å². The Hall–Kier alpha value is -1.63. The van der Waals surface area contributed by atoms with Crippen LogP contribution in [0.4, 0.5) is 0 Å². The van der Waals surface area contributed by atoms with Gasteiger partial charge >= 0.3 is 0 Å². The van der Waals surface area contributed by atoms with Gasteiger partial charge in [0.25, 0.3) is 0 Å². The molecule has 19 heavy (non-hydrogen) atoms. The van der Waals surface area contributed by atoms with Crippen molar-refractivity contribution in [2.75, 3.05) is 19.7 Å². The van der Waals surface area contributed by atoms with Crippen molar-refractivity contribution < 1.29 is 4.74 Å². The van der Waals surface area contributed by atoms with Crippen LogP contribution in [0.1, 0.15) is 25.6 Å². The van der Waals surface area contributed by atoms with Crippen LogP contribution in [0.25, 0.3) is 0 Å². The molecule has 0 aromatic carbocycles. The molecule has 1 aliphatic rings. The zero-order chi connectivity index (χ0) is 13.5.